The van der Waals surface area contributed by atoms with Gasteiger partial charge in [-0.3, -0.25) is 9.59 Å². The number of halogens is 1. The van der Waals surface area contributed by atoms with Crippen molar-refractivity contribution < 1.29 is 4.79 Å². The van der Waals surface area contributed by atoms with Gasteiger partial charge in [0.15, 0.2) is 0 Å². The molecule has 1 amide bonds. The van der Waals surface area contributed by atoms with Gasteiger partial charge in [-0.05, 0) is 55.7 Å². The highest BCUT2D eigenvalue weighted by molar-refractivity contribution is 9.10. The van der Waals surface area contributed by atoms with E-state index in [1.54, 1.807) is 6.07 Å². The largest absolute Gasteiger partial charge is 0.326 e. The molecule has 0 saturated heterocycles. The summed E-state index contributed by atoms with van der Waals surface area (Å²) in [7, 11) is 0. The van der Waals surface area contributed by atoms with E-state index in [9.17, 15) is 9.59 Å². The fraction of sp³-hybridized carbons (Fsp3) is 0.227. The van der Waals surface area contributed by atoms with Crippen molar-refractivity contribution in [1.29, 1.82) is 0 Å². The van der Waals surface area contributed by atoms with Gasteiger partial charge in [0, 0.05) is 34.8 Å². The zero-order valence-electron chi connectivity index (χ0n) is 15.9. The number of carbonyl (C=O) groups is 1. The first kappa shape index (κ1) is 20.0. The highest BCUT2D eigenvalue weighted by Gasteiger charge is 2.08. The number of amides is 1. The Hall–Kier alpha value is -2.73. The normalized spacial score (nSPS) is 10.7. The second kappa shape index (κ2) is 8.97. The Morgan fingerprint density at radius 3 is 2.57 bits per heavy atom. The van der Waals surface area contributed by atoms with Crippen LogP contribution in [0, 0.1) is 13.8 Å². The quantitative estimate of drug-likeness (QED) is 0.604. The lowest BCUT2D eigenvalue weighted by atomic mass is 10.1. The molecule has 1 N–H and O–H groups in total. The molecule has 3 aromatic rings. The van der Waals surface area contributed by atoms with E-state index in [1.807, 2.05) is 56.3 Å². The number of nitrogens with zero attached hydrogens (tertiary/aromatic N) is 2. The average molecular weight is 440 g/mol. The van der Waals surface area contributed by atoms with Gasteiger partial charge in [-0.1, -0.05) is 40.2 Å². The topological polar surface area (TPSA) is 64.0 Å². The van der Waals surface area contributed by atoms with Gasteiger partial charge in [0.25, 0.3) is 5.56 Å². The smallest absolute Gasteiger partial charge is 0.266 e. The van der Waals surface area contributed by atoms with Gasteiger partial charge in [-0.25, -0.2) is 4.68 Å². The molecule has 3 rings (SSSR count). The van der Waals surface area contributed by atoms with Gasteiger partial charge in [0.2, 0.25) is 5.91 Å². The van der Waals surface area contributed by atoms with Crippen LogP contribution in [0.15, 0.2) is 63.9 Å². The maximum absolute atomic E-state index is 12.2. The number of benzene rings is 2. The molecular weight excluding hydrogens is 418 g/mol. The van der Waals surface area contributed by atoms with Crippen LogP contribution in [0.2, 0.25) is 0 Å². The summed E-state index contributed by atoms with van der Waals surface area (Å²) >= 11 is 3.41. The Balaban J connectivity index is 1.62. The summed E-state index contributed by atoms with van der Waals surface area (Å²) in [5.41, 5.74) is 4.53. The number of aryl methyl sites for hydroxylation is 2. The predicted molar refractivity (Wildman–Crippen MR) is 115 cm³/mol. The zero-order valence-corrected chi connectivity index (χ0v) is 17.5. The molecule has 0 bridgehead atoms. The minimum atomic E-state index is -0.171. The minimum absolute atomic E-state index is 0.0641. The fourth-order valence-electron chi connectivity index (χ4n) is 2.87. The summed E-state index contributed by atoms with van der Waals surface area (Å²) in [5.74, 6) is -0.0641. The van der Waals surface area contributed by atoms with Crippen molar-refractivity contribution in [3.8, 4) is 11.3 Å². The molecule has 6 heteroatoms. The van der Waals surface area contributed by atoms with Crippen LogP contribution in [0.3, 0.4) is 0 Å². The van der Waals surface area contributed by atoms with Crippen molar-refractivity contribution in [1.82, 2.24) is 9.78 Å². The minimum Gasteiger partial charge on any atom is -0.326 e. The highest BCUT2D eigenvalue weighted by atomic mass is 79.9. The Morgan fingerprint density at radius 1 is 1.07 bits per heavy atom. The van der Waals surface area contributed by atoms with E-state index in [0.717, 1.165) is 32.5 Å². The second-order valence-electron chi connectivity index (χ2n) is 6.69. The van der Waals surface area contributed by atoms with E-state index in [-0.39, 0.29) is 11.5 Å². The molecule has 0 aliphatic heterocycles. The molecule has 0 saturated carbocycles. The SMILES string of the molecule is Cc1cccc(NC(=O)CCCn2nc(-c3ccc(Br)cc3)ccc2=O)c1C. The van der Waals surface area contributed by atoms with Crippen LogP contribution in [0.25, 0.3) is 11.3 Å². The molecule has 1 heterocycles. The first-order chi connectivity index (χ1) is 13.4. The lowest BCUT2D eigenvalue weighted by molar-refractivity contribution is -0.116. The van der Waals surface area contributed by atoms with E-state index in [2.05, 4.69) is 26.3 Å². The molecule has 1 aromatic heterocycles. The first-order valence-corrected chi connectivity index (χ1v) is 9.93. The molecule has 0 aliphatic rings. The lowest BCUT2D eigenvalue weighted by Gasteiger charge is -2.11. The number of aromatic nitrogens is 2. The van der Waals surface area contributed by atoms with Crippen LogP contribution in [0.5, 0.6) is 0 Å². The highest BCUT2D eigenvalue weighted by Crippen LogP contribution is 2.19. The molecule has 5 nitrogen and oxygen atoms in total. The monoisotopic (exact) mass is 439 g/mol. The standard InChI is InChI=1S/C22H22BrN3O2/c1-15-5-3-6-19(16(15)2)24-21(27)7-4-14-26-22(28)13-12-20(25-26)17-8-10-18(23)11-9-17/h3,5-6,8-13H,4,7,14H2,1-2H3,(H,24,27). The van der Waals surface area contributed by atoms with E-state index >= 15 is 0 Å². The number of hydrogen-bond acceptors (Lipinski definition) is 3. The van der Waals surface area contributed by atoms with Crippen molar-refractivity contribution in [3.63, 3.8) is 0 Å². The molecule has 144 valence electrons. The molecule has 0 fully saturated rings. The summed E-state index contributed by atoms with van der Waals surface area (Å²) in [6.45, 7) is 4.40. The van der Waals surface area contributed by atoms with Gasteiger partial charge in [-0.15, -0.1) is 0 Å². The molecule has 0 aliphatic carbocycles. The third-order valence-corrected chi connectivity index (χ3v) is 5.19. The number of nitrogens with one attached hydrogen (secondary N) is 1. The van der Waals surface area contributed by atoms with Gasteiger partial charge in [0.05, 0.1) is 5.69 Å². The number of carbonyl (C=O) groups excluding carboxylic acids is 1. The summed E-state index contributed by atoms with van der Waals surface area (Å²) in [6, 6.07) is 16.8. The second-order valence-corrected chi connectivity index (χ2v) is 7.60. The maximum Gasteiger partial charge on any atom is 0.266 e. The Bertz CT molecular complexity index is 1040. The van der Waals surface area contributed by atoms with Gasteiger partial charge < -0.3 is 5.32 Å². The number of hydrogen-bond donors (Lipinski definition) is 1. The van der Waals surface area contributed by atoms with E-state index < -0.39 is 0 Å². The van der Waals surface area contributed by atoms with Crippen LogP contribution in [-0.2, 0) is 11.3 Å². The number of rotatable bonds is 6. The van der Waals surface area contributed by atoms with Crippen molar-refractivity contribution in [2.45, 2.75) is 33.2 Å². The van der Waals surface area contributed by atoms with Crippen LogP contribution in [-0.4, -0.2) is 15.7 Å². The van der Waals surface area contributed by atoms with Crippen LogP contribution in [0.1, 0.15) is 24.0 Å². The summed E-state index contributed by atoms with van der Waals surface area (Å²) in [6.07, 6.45) is 0.859. The van der Waals surface area contributed by atoms with E-state index in [1.165, 1.54) is 10.7 Å². The lowest BCUT2D eigenvalue weighted by Crippen LogP contribution is -2.23. The summed E-state index contributed by atoms with van der Waals surface area (Å²) in [4.78, 5) is 24.3. The Morgan fingerprint density at radius 2 is 1.82 bits per heavy atom. The van der Waals surface area contributed by atoms with Gasteiger partial charge in [0.1, 0.15) is 0 Å². The maximum atomic E-state index is 12.2. The van der Waals surface area contributed by atoms with Crippen molar-refractivity contribution in [2.75, 3.05) is 5.32 Å². The molecule has 2 aromatic carbocycles. The third kappa shape index (κ3) is 4.95. The van der Waals surface area contributed by atoms with Crippen molar-refractivity contribution in [3.05, 3.63) is 80.6 Å². The third-order valence-electron chi connectivity index (χ3n) is 4.66. The van der Waals surface area contributed by atoms with Crippen molar-refractivity contribution in [2.24, 2.45) is 0 Å². The fourth-order valence-corrected chi connectivity index (χ4v) is 3.14. The predicted octanol–water partition coefficient (Wildman–Crippen LogP) is 4.71. The Labute approximate surface area is 172 Å². The molecule has 0 radical (unpaired) electrons. The molecule has 28 heavy (non-hydrogen) atoms. The van der Waals surface area contributed by atoms with Gasteiger partial charge in [-0.2, -0.15) is 5.10 Å². The molecule has 0 atom stereocenters. The van der Waals surface area contributed by atoms with Gasteiger partial charge >= 0.3 is 0 Å². The molecule has 0 unspecified atom stereocenters. The number of anilines is 1. The molecule has 0 spiro atoms. The average Bonchev–Trinajstić information content (AvgIpc) is 2.68. The van der Waals surface area contributed by atoms with Crippen LogP contribution in [0.4, 0.5) is 5.69 Å². The summed E-state index contributed by atoms with van der Waals surface area (Å²) in [5, 5.41) is 7.38. The van der Waals surface area contributed by atoms with Crippen molar-refractivity contribution >= 4 is 27.5 Å². The molecular formula is C22H22BrN3O2. The zero-order chi connectivity index (χ0) is 20.1. The first-order valence-electron chi connectivity index (χ1n) is 9.14. The van der Waals surface area contributed by atoms with Crippen LogP contribution < -0.4 is 10.9 Å². The van der Waals surface area contributed by atoms with E-state index in [0.29, 0.717) is 19.4 Å². The van der Waals surface area contributed by atoms with E-state index in [4.69, 9.17) is 0 Å². The van der Waals surface area contributed by atoms with Crippen LogP contribution >= 0.6 is 15.9 Å². The summed E-state index contributed by atoms with van der Waals surface area (Å²) < 4.78 is 2.40. The Kier molecular flexibility index (Phi) is 6.41.